The number of methoxy groups -OCH3 is 1. The Hall–Kier alpha value is -1.74. The molecule has 1 unspecified atom stereocenters. The first-order chi connectivity index (χ1) is 10.1. The van der Waals surface area contributed by atoms with Gasteiger partial charge in [0.25, 0.3) is 0 Å². The summed E-state index contributed by atoms with van der Waals surface area (Å²) in [6.45, 7) is 9.28. The lowest BCUT2D eigenvalue weighted by Crippen LogP contribution is -2.24. The third-order valence-corrected chi connectivity index (χ3v) is 3.65. The minimum Gasteiger partial charge on any atom is -0.496 e. The van der Waals surface area contributed by atoms with Crippen molar-refractivity contribution in [3.05, 3.63) is 52.5 Å². The summed E-state index contributed by atoms with van der Waals surface area (Å²) in [6, 6.07) is 8.34. The number of hydrogen-bond donors (Lipinski definition) is 1. The van der Waals surface area contributed by atoms with Gasteiger partial charge in [-0.2, -0.15) is 0 Å². The van der Waals surface area contributed by atoms with Crippen molar-refractivity contribution in [2.45, 2.75) is 40.2 Å². The van der Waals surface area contributed by atoms with Crippen LogP contribution in [0.15, 0.2) is 28.7 Å². The van der Waals surface area contributed by atoms with Crippen LogP contribution in [-0.4, -0.2) is 13.7 Å². The highest BCUT2D eigenvalue weighted by Crippen LogP contribution is 2.34. The first-order valence-electron chi connectivity index (χ1n) is 7.51. The van der Waals surface area contributed by atoms with Crippen molar-refractivity contribution in [3.8, 4) is 5.75 Å². The van der Waals surface area contributed by atoms with Crippen LogP contribution in [0.2, 0.25) is 0 Å². The van der Waals surface area contributed by atoms with E-state index in [1.165, 1.54) is 11.1 Å². The van der Waals surface area contributed by atoms with Crippen LogP contribution >= 0.6 is 0 Å². The lowest BCUT2D eigenvalue weighted by atomic mass is 9.96. The highest BCUT2D eigenvalue weighted by molar-refractivity contribution is 5.47. The Morgan fingerprint density at radius 1 is 1.19 bits per heavy atom. The molecule has 114 valence electrons. The number of benzene rings is 1. The number of hydrogen-bond acceptors (Lipinski definition) is 3. The van der Waals surface area contributed by atoms with Gasteiger partial charge in [-0.15, -0.1) is 0 Å². The van der Waals surface area contributed by atoms with Crippen molar-refractivity contribution in [2.75, 3.05) is 13.7 Å². The first kappa shape index (κ1) is 15.6. The van der Waals surface area contributed by atoms with E-state index in [1.54, 1.807) is 7.11 Å². The Morgan fingerprint density at radius 3 is 2.52 bits per heavy atom. The van der Waals surface area contributed by atoms with Gasteiger partial charge in [-0.25, -0.2) is 0 Å². The fraction of sp³-hybridized carbons (Fsp3) is 0.444. The van der Waals surface area contributed by atoms with Gasteiger partial charge in [-0.3, -0.25) is 0 Å². The largest absolute Gasteiger partial charge is 0.496 e. The zero-order chi connectivity index (χ0) is 15.4. The molecule has 0 aliphatic rings. The summed E-state index contributed by atoms with van der Waals surface area (Å²) < 4.78 is 11.5. The van der Waals surface area contributed by atoms with Crippen LogP contribution in [0.3, 0.4) is 0 Å². The summed E-state index contributed by atoms with van der Waals surface area (Å²) in [5.41, 5.74) is 3.58. The molecule has 1 atom stereocenters. The van der Waals surface area contributed by atoms with Gasteiger partial charge < -0.3 is 14.5 Å². The molecule has 1 heterocycles. The molecule has 2 rings (SSSR count). The Bertz CT molecular complexity index is 601. The topological polar surface area (TPSA) is 34.4 Å². The second kappa shape index (κ2) is 6.81. The van der Waals surface area contributed by atoms with Gasteiger partial charge >= 0.3 is 0 Å². The second-order valence-electron chi connectivity index (χ2n) is 5.53. The molecule has 0 aliphatic heterocycles. The maximum absolute atomic E-state index is 5.86. The minimum atomic E-state index is 0.0224. The van der Waals surface area contributed by atoms with Gasteiger partial charge in [0.15, 0.2) is 0 Å². The summed E-state index contributed by atoms with van der Waals surface area (Å²) in [5, 5.41) is 3.58. The summed E-state index contributed by atoms with van der Waals surface area (Å²) >= 11 is 0. The minimum absolute atomic E-state index is 0.0224. The van der Waals surface area contributed by atoms with E-state index < -0.39 is 0 Å². The molecule has 0 aliphatic carbocycles. The Labute approximate surface area is 127 Å². The molecule has 2 aromatic rings. The van der Waals surface area contributed by atoms with E-state index in [2.05, 4.69) is 38.2 Å². The standard InChI is InChI=1S/C18H25NO2/c1-6-9-19-18(15-8-7-14(4)21-15)17-13(3)10-12(2)11-16(17)20-5/h7-8,10-11,18-19H,6,9H2,1-5H3. The molecule has 0 radical (unpaired) electrons. The van der Waals surface area contributed by atoms with E-state index in [4.69, 9.17) is 9.15 Å². The van der Waals surface area contributed by atoms with Crippen molar-refractivity contribution < 1.29 is 9.15 Å². The molecule has 1 aromatic carbocycles. The molecule has 0 bridgehead atoms. The number of rotatable bonds is 6. The van der Waals surface area contributed by atoms with Crippen molar-refractivity contribution in [2.24, 2.45) is 0 Å². The van der Waals surface area contributed by atoms with Gasteiger partial charge in [0.1, 0.15) is 17.3 Å². The van der Waals surface area contributed by atoms with Crippen molar-refractivity contribution >= 4 is 0 Å². The third-order valence-electron chi connectivity index (χ3n) is 3.65. The van der Waals surface area contributed by atoms with E-state index in [9.17, 15) is 0 Å². The van der Waals surface area contributed by atoms with E-state index >= 15 is 0 Å². The molecule has 0 spiro atoms. The van der Waals surface area contributed by atoms with Gasteiger partial charge in [0.05, 0.1) is 13.2 Å². The van der Waals surface area contributed by atoms with Crippen LogP contribution in [0.1, 0.15) is 47.6 Å². The summed E-state index contributed by atoms with van der Waals surface area (Å²) in [4.78, 5) is 0. The maximum Gasteiger partial charge on any atom is 0.125 e. The van der Waals surface area contributed by atoms with E-state index in [0.717, 1.165) is 35.8 Å². The maximum atomic E-state index is 5.86. The fourth-order valence-corrected chi connectivity index (χ4v) is 2.72. The zero-order valence-corrected chi connectivity index (χ0v) is 13.6. The summed E-state index contributed by atoms with van der Waals surface area (Å²) in [7, 11) is 1.72. The molecule has 3 nitrogen and oxygen atoms in total. The van der Waals surface area contributed by atoms with Crippen LogP contribution in [0.4, 0.5) is 0 Å². The van der Waals surface area contributed by atoms with Crippen molar-refractivity contribution in [1.29, 1.82) is 0 Å². The molecule has 0 saturated heterocycles. The molecule has 1 N–H and O–H groups in total. The smallest absolute Gasteiger partial charge is 0.125 e. The molecule has 0 saturated carbocycles. The van der Waals surface area contributed by atoms with Gasteiger partial charge in [0, 0.05) is 5.56 Å². The number of nitrogens with one attached hydrogen (secondary N) is 1. The Morgan fingerprint density at radius 2 is 1.95 bits per heavy atom. The number of ether oxygens (including phenoxy) is 1. The molecule has 3 heteroatoms. The van der Waals surface area contributed by atoms with E-state index in [0.29, 0.717) is 0 Å². The predicted octanol–water partition coefficient (Wildman–Crippen LogP) is 4.30. The lowest BCUT2D eigenvalue weighted by molar-refractivity contribution is 0.387. The van der Waals surface area contributed by atoms with E-state index in [-0.39, 0.29) is 6.04 Å². The first-order valence-corrected chi connectivity index (χ1v) is 7.51. The lowest BCUT2D eigenvalue weighted by Gasteiger charge is -2.22. The van der Waals surface area contributed by atoms with Gasteiger partial charge in [0.2, 0.25) is 0 Å². The van der Waals surface area contributed by atoms with Crippen LogP contribution in [0.5, 0.6) is 5.75 Å². The molecular weight excluding hydrogens is 262 g/mol. The zero-order valence-electron chi connectivity index (χ0n) is 13.6. The quantitative estimate of drug-likeness (QED) is 0.860. The fourth-order valence-electron chi connectivity index (χ4n) is 2.72. The molecule has 1 aromatic heterocycles. The number of furan rings is 1. The van der Waals surface area contributed by atoms with Gasteiger partial charge in [-0.1, -0.05) is 13.0 Å². The second-order valence-corrected chi connectivity index (χ2v) is 5.53. The molecule has 0 fully saturated rings. The molecule has 0 amide bonds. The third kappa shape index (κ3) is 3.48. The SMILES string of the molecule is CCCNC(c1ccc(C)o1)c1c(C)cc(C)cc1OC. The predicted molar refractivity (Wildman–Crippen MR) is 86.0 cm³/mol. The Balaban J connectivity index is 2.50. The van der Waals surface area contributed by atoms with Crippen LogP contribution in [-0.2, 0) is 0 Å². The average Bonchev–Trinajstić information content (AvgIpc) is 2.87. The molecule has 21 heavy (non-hydrogen) atoms. The van der Waals surface area contributed by atoms with Crippen LogP contribution in [0, 0.1) is 20.8 Å². The van der Waals surface area contributed by atoms with E-state index in [1.807, 2.05) is 19.1 Å². The normalized spacial score (nSPS) is 12.4. The monoisotopic (exact) mass is 287 g/mol. The van der Waals surface area contributed by atoms with Crippen molar-refractivity contribution in [3.63, 3.8) is 0 Å². The summed E-state index contributed by atoms with van der Waals surface area (Å²) in [6.07, 6.45) is 1.07. The average molecular weight is 287 g/mol. The highest BCUT2D eigenvalue weighted by Gasteiger charge is 2.23. The van der Waals surface area contributed by atoms with Crippen LogP contribution < -0.4 is 10.1 Å². The summed E-state index contributed by atoms with van der Waals surface area (Å²) in [5.74, 6) is 2.78. The van der Waals surface area contributed by atoms with Crippen molar-refractivity contribution in [1.82, 2.24) is 5.32 Å². The van der Waals surface area contributed by atoms with Gasteiger partial charge in [-0.05, 0) is 63.1 Å². The van der Waals surface area contributed by atoms with Crippen LogP contribution in [0.25, 0.3) is 0 Å². The highest BCUT2D eigenvalue weighted by atomic mass is 16.5. The Kier molecular flexibility index (Phi) is 5.07. The molecular formula is C18H25NO2. The number of aryl methyl sites for hydroxylation is 3.